The van der Waals surface area contributed by atoms with Gasteiger partial charge in [0, 0.05) is 13.5 Å². The van der Waals surface area contributed by atoms with Gasteiger partial charge in [0.2, 0.25) is 0 Å². The molecule has 0 saturated heterocycles. The molecule has 0 aliphatic heterocycles. The first kappa shape index (κ1) is 18.5. The molecule has 0 saturated carbocycles. The van der Waals surface area contributed by atoms with Gasteiger partial charge in [-0.25, -0.2) is 4.79 Å². The lowest BCUT2D eigenvalue weighted by Crippen LogP contribution is -2.41. The molecular weight excluding hydrogens is 302 g/mol. The Hall–Kier alpha value is -2.57. The molecule has 0 aromatic heterocycles. The van der Waals surface area contributed by atoms with Crippen molar-refractivity contribution in [3.63, 3.8) is 0 Å². The Labute approximate surface area is 134 Å². The molecule has 0 heterocycles. The average molecular weight is 323 g/mol. The number of hydrogen-bond acceptors (Lipinski definition) is 6. The summed E-state index contributed by atoms with van der Waals surface area (Å²) in [6.45, 7) is 6.24. The third-order valence-corrected chi connectivity index (χ3v) is 2.39. The van der Waals surface area contributed by atoms with Gasteiger partial charge in [0.15, 0.2) is 0 Å². The quantitative estimate of drug-likeness (QED) is 0.659. The summed E-state index contributed by atoms with van der Waals surface area (Å²) in [6, 6.07) is 9.12. The van der Waals surface area contributed by atoms with E-state index in [0.29, 0.717) is 0 Å². The molecule has 0 spiro atoms. The minimum Gasteiger partial charge on any atom is -0.428 e. The third-order valence-electron chi connectivity index (χ3n) is 2.39. The van der Waals surface area contributed by atoms with E-state index in [2.05, 4.69) is 5.32 Å². The maximum absolute atomic E-state index is 12.0. The first-order valence-electron chi connectivity index (χ1n) is 7.06. The van der Waals surface area contributed by atoms with Crippen molar-refractivity contribution in [1.82, 2.24) is 5.32 Å². The van der Waals surface area contributed by atoms with Gasteiger partial charge >= 0.3 is 24.3 Å². The van der Waals surface area contributed by atoms with Crippen LogP contribution in [-0.2, 0) is 30.3 Å². The number of carbonyl (C=O) groups excluding carboxylic acids is 3. The fraction of sp³-hybridized carbons (Fsp3) is 0.438. The number of esters is 1. The second kappa shape index (κ2) is 8.17. The molecule has 0 fully saturated rings. The van der Waals surface area contributed by atoms with Gasteiger partial charge in [-0.1, -0.05) is 30.3 Å². The number of amides is 1. The Bertz CT molecular complexity index is 549. The molecule has 7 nitrogen and oxygen atoms in total. The van der Waals surface area contributed by atoms with Crippen LogP contribution in [0.4, 0.5) is 4.79 Å². The Morgan fingerprint density at radius 1 is 1.09 bits per heavy atom. The molecule has 1 amide bonds. The van der Waals surface area contributed by atoms with Crippen LogP contribution in [0.2, 0.25) is 0 Å². The first-order chi connectivity index (χ1) is 10.7. The maximum Gasteiger partial charge on any atom is 0.512 e. The topological polar surface area (TPSA) is 90.9 Å². The van der Waals surface area contributed by atoms with Gasteiger partial charge in [0.25, 0.3) is 0 Å². The van der Waals surface area contributed by atoms with Crippen molar-refractivity contribution in [2.75, 3.05) is 0 Å². The highest BCUT2D eigenvalue weighted by Crippen LogP contribution is 2.10. The zero-order valence-corrected chi connectivity index (χ0v) is 13.6. The average Bonchev–Trinajstić information content (AvgIpc) is 2.42. The van der Waals surface area contributed by atoms with E-state index < -0.39 is 29.9 Å². The van der Waals surface area contributed by atoms with Crippen molar-refractivity contribution >= 4 is 18.0 Å². The minimum atomic E-state index is -1.70. The number of rotatable bonds is 5. The van der Waals surface area contributed by atoms with Crippen LogP contribution >= 0.6 is 0 Å². The molecule has 1 atom stereocenters. The van der Waals surface area contributed by atoms with Gasteiger partial charge in [0.1, 0.15) is 5.60 Å². The van der Waals surface area contributed by atoms with Crippen LogP contribution in [0.5, 0.6) is 0 Å². The van der Waals surface area contributed by atoms with Gasteiger partial charge in [-0.15, -0.1) is 0 Å². The van der Waals surface area contributed by atoms with Gasteiger partial charge in [-0.2, -0.15) is 0 Å². The molecule has 1 rings (SSSR count). The summed E-state index contributed by atoms with van der Waals surface area (Å²) in [5.74, 6) is -1.51. The van der Waals surface area contributed by atoms with E-state index in [1.807, 2.05) is 30.3 Å². The fourth-order valence-electron chi connectivity index (χ4n) is 1.51. The first-order valence-corrected chi connectivity index (χ1v) is 7.06. The van der Waals surface area contributed by atoms with Crippen LogP contribution in [0, 0.1) is 0 Å². The van der Waals surface area contributed by atoms with Crippen LogP contribution in [0.15, 0.2) is 30.3 Å². The second-order valence-electron chi connectivity index (χ2n) is 5.73. The molecule has 126 valence electrons. The molecule has 23 heavy (non-hydrogen) atoms. The Kier molecular flexibility index (Phi) is 6.56. The van der Waals surface area contributed by atoms with E-state index in [-0.39, 0.29) is 6.54 Å². The van der Waals surface area contributed by atoms with Crippen molar-refractivity contribution in [3.05, 3.63) is 35.9 Å². The van der Waals surface area contributed by atoms with Gasteiger partial charge in [-0.3, -0.25) is 9.59 Å². The largest absolute Gasteiger partial charge is 0.512 e. The summed E-state index contributed by atoms with van der Waals surface area (Å²) >= 11 is 0. The Morgan fingerprint density at radius 2 is 1.70 bits per heavy atom. The standard InChI is InChI=1S/C16H21NO6/c1-11(18)21-14(22-15(20)23-16(2,3)4)13(19)17-10-12-8-6-5-7-9-12/h5-9,14H,10H2,1-4H3,(H,17,19). The van der Waals surface area contributed by atoms with Gasteiger partial charge in [0.05, 0.1) is 0 Å². The number of benzene rings is 1. The van der Waals surface area contributed by atoms with Crippen molar-refractivity contribution in [1.29, 1.82) is 0 Å². The summed E-state index contributed by atoms with van der Waals surface area (Å²) in [7, 11) is 0. The van der Waals surface area contributed by atoms with Crippen molar-refractivity contribution in [2.24, 2.45) is 0 Å². The lowest BCUT2D eigenvalue weighted by atomic mass is 10.2. The van der Waals surface area contributed by atoms with Crippen LogP contribution < -0.4 is 5.32 Å². The van der Waals surface area contributed by atoms with E-state index in [0.717, 1.165) is 12.5 Å². The third kappa shape index (κ3) is 7.85. The molecule has 0 aliphatic rings. The number of hydrogen-bond donors (Lipinski definition) is 1. The minimum absolute atomic E-state index is 0.203. The highest BCUT2D eigenvalue weighted by molar-refractivity contribution is 5.83. The van der Waals surface area contributed by atoms with E-state index >= 15 is 0 Å². The zero-order valence-electron chi connectivity index (χ0n) is 13.6. The molecule has 1 N–H and O–H groups in total. The molecule has 7 heteroatoms. The molecule has 0 bridgehead atoms. The molecule has 1 aromatic carbocycles. The van der Waals surface area contributed by atoms with Crippen LogP contribution in [-0.4, -0.2) is 29.9 Å². The Balaban J connectivity index is 2.63. The smallest absolute Gasteiger partial charge is 0.428 e. The molecular formula is C16H21NO6. The summed E-state index contributed by atoms with van der Waals surface area (Å²) in [6.07, 6.45) is -2.80. The zero-order chi connectivity index (χ0) is 17.5. The van der Waals surface area contributed by atoms with Crippen molar-refractivity contribution < 1.29 is 28.6 Å². The van der Waals surface area contributed by atoms with Gasteiger partial charge < -0.3 is 19.5 Å². The molecule has 0 radical (unpaired) electrons. The lowest BCUT2D eigenvalue weighted by Gasteiger charge is -2.21. The number of nitrogens with one attached hydrogen (secondary N) is 1. The van der Waals surface area contributed by atoms with Crippen molar-refractivity contribution in [2.45, 2.75) is 46.1 Å². The normalized spacial score (nSPS) is 12.0. The fourth-order valence-corrected chi connectivity index (χ4v) is 1.51. The monoisotopic (exact) mass is 323 g/mol. The predicted molar refractivity (Wildman–Crippen MR) is 81.2 cm³/mol. The number of carbonyl (C=O) groups is 3. The predicted octanol–water partition coefficient (Wildman–Crippen LogP) is 2.14. The van der Waals surface area contributed by atoms with E-state index in [9.17, 15) is 14.4 Å². The van der Waals surface area contributed by atoms with E-state index in [1.54, 1.807) is 20.8 Å². The van der Waals surface area contributed by atoms with Gasteiger partial charge in [-0.05, 0) is 26.3 Å². The summed E-state index contributed by atoms with van der Waals surface area (Å²) in [5, 5.41) is 2.52. The van der Waals surface area contributed by atoms with Crippen LogP contribution in [0.25, 0.3) is 0 Å². The SMILES string of the molecule is CC(=O)OC(OC(=O)OC(C)(C)C)C(=O)NCc1ccccc1. The van der Waals surface area contributed by atoms with Crippen LogP contribution in [0.3, 0.4) is 0 Å². The number of ether oxygens (including phenoxy) is 3. The molecule has 0 aliphatic carbocycles. The molecule has 1 aromatic rings. The van der Waals surface area contributed by atoms with Crippen molar-refractivity contribution in [3.8, 4) is 0 Å². The van der Waals surface area contributed by atoms with E-state index in [1.165, 1.54) is 0 Å². The maximum atomic E-state index is 12.0. The summed E-state index contributed by atoms with van der Waals surface area (Å²) < 4.78 is 14.4. The van der Waals surface area contributed by atoms with Crippen LogP contribution in [0.1, 0.15) is 33.3 Å². The highest BCUT2D eigenvalue weighted by Gasteiger charge is 2.28. The molecule has 1 unspecified atom stereocenters. The Morgan fingerprint density at radius 3 is 2.22 bits per heavy atom. The summed E-state index contributed by atoms with van der Waals surface area (Å²) in [5.41, 5.74) is 0.0537. The second-order valence-corrected chi connectivity index (χ2v) is 5.73. The highest BCUT2D eigenvalue weighted by atomic mass is 16.8. The summed E-state index contributed by atoms with van der Waals surface area (Å²) in [4.78, 5) is 34.7. The van der Waals surface area contributed by atoms with E-state index in [4.69, 9.17) is 14.2 Å². The lowest BCUT2D eigenvalue weighted by molar-refractivity contribution is -0.180.